The molecule has 0 aromatic heterocycles. The van der Waals surface area contributed by atoms with Crippen LogP contribution in [0.25, 0.3) is 0 Å². The maximum absolute atomic E-state index is 12.7. The first kappa shape index (κ1) is 16.0. The molecule has 1 saturated heterocycles. The molecule has 116 valence electrons. The Morgan fingerprint density at radius 1 is 1.43 bits per heavy atom. The van der Waals surface area contributed by atoms with E-state index in [0.29, 0.717) is 13.1 Å². The summed E-state index contributed by atoms with van der Waals surface area (Å²) in [5.74, 6) is 0.115. The minimum absolute atomic E-state index is 0.115. The van der Waals surface area contributed by atoms with Crippen molar-refractivity contribution in [1.82, 2.24) is 4.90 Å². The van der Waals surface area contributed by atoms with Gasteiger partial charge in [-0.15, -0.1) is 0 Å². The summed E-state index contributed by atoms with van der Waals surface area (Å²) < 4.78 is 5.81. The largest absolute Gasteiger partial charge is 0.376 e. The highest BCUT2D eigenvalue weighted by molar-refractivity contribution is 5.95. The van der Waals surface area contributed by atoms with Crippen LogP contribution in [0.1, 0.15) is 42.1 Å². The van der Waals surface area contributed by atoms with Crippen molar-refractivity contribution in [2.75, 3.05) is 26.2 Å². The van der Waals surface area contributed by atoms with Crippen molar-refractivity contribution in [3.05, 3.63) is 35.4 Å². The van der Waals surface area contributed by atoms with E-state index >= 15 is 0 Å². The second-order valence-corrected chi connectivity index (χ2v) is 5.58. The van der Waals surface area contributed by atoms with Crippen molar-refractivity contribution in [1.29, 1.82) is 0 Å². The number of benzene rings is 1. The summed E-state index contributed by atoms with van der Waals surface area (Å²) in [6.07, 6.45) is 4.01. The molecule has 1 aliphatic rings. The first-order chi connectivity index (χ1) is 10.3. The lowest BCUT2D eigenvalue weighted by molar-refractivity contribution is 0.00207. The molecule has 1 fully saturated rings. The molecule has 0 saturated carbocycles. The van der Waals surface area contributed by atoms with E-state index in [9.17, 15) is 4.79 Å². The number of amides is 1. The fourth-order valence-corrected chi connectivity index (χ4v) is 2.82. The molecule has 21 heavy (non-hydrogen) atoms. The van der Waals surface area contributed by atoms with Crippen LogP contribution < -0.4 is 5.73 Å². The van der Waals surface area contributed by atoms with Gasteiger partial charge in [-0.25, -0.2) is 0 Å². The first-order valence-corrected chi connectivity index (χ1v) is 7.95. The first-order valence-electron chi connectivity index (χ1n) is 7.95. The Bertz CT molecular complexity index is 462. The maximum atomic E-state index is 12.7. The van der Waals surface area contributed by atoms with Gasteiger partial charge in [-0.05, 0) is 43.9 Å². The third-order valence-electron chi connectivity index (χ3n) is 3.88. The number of piperidine rings is 1. The molecule has 1 aromatic rings. The lowest BCUT2D eigenvalue weighted by atomic mass is 10.0. The lowest BCUT2D eigenvalue weighted by Gasteiger charge is -2.33. The Kier molecular flexibility index (Phi) is 6.21. The summed E-state index contributed by atoms with van der Waals surface area (Å²) in [6, 6.07) is 7.78. The molecule has 1 aromatic carbocycles. The number of carbonyl (C=O) groups excluding carboxylic acids is 1. The SMILES string of the molecule is CCCOC1CCCN(C(=O)c2ccccc2CCN)C1. The number of hydrogen-bond donors (Lipinski definition) is 1. The zero-order valence-corrected chi connectivity index (χ0v) is 12.9. The minimum atomic E-state index is 0.115. The van der Waals surface area contributed by atoms with Crippen molar-refractivity contribution in [2.45, 2.75) is 38.7 Å². The van der Waals surface area contributed by atoms with Crippen LogP contribution in [0.2, 0.25) is 0 Å². The molecule has 1 unspecified atom stereocenters. The van der Waals surface area contributed by atoms with Crippen molar-refractivity contribution < 1.29 is 9.53 Å². The van der Waals surface area contributed by atoms with Gasteiger partial charge in [0.2, 0.25) is 0 Å². The predicted octanol–water partition coefficient (Wildman–Crippen LogP) is 2.22. The molecular weight excluding hydrogens is 264 g/mol. The highest BCUT2D eigenvalue weighted by Crippen LogP contribution is 2.18. The van der Waals surface area contributed by atoms with Gasteiger partial charge in [0.1, 0.15) is 0 Å². The Hall–Kier alpha value is -1.39. The molecule has 0 bridgehead atoms. The van der Waals surface area contributed by atoms with Gasteiger partial charge in [-0.2, -0.15) is 0 Å². The second-order valence-electron chi connectivity index (χ2n) is 5.58. The molecule has 1 atom stereocenters. The summed E-state index contributed by atoms with van der Waals surface area (Å²) in [6.45, 7) is 4.97. The van der Waals surface area contributed by atoms with E-state index in [1.807, 2.05) is 29.2 Å². The summed E-state index contributed by atoms with van der Waals surface area (Å²) in [4.78, 5) is 14.7. The molecule has 0 radical (unpaired) electrons. The predicted molar refractivity (Wildman–Crippen MR) is 84.4 cm³/mol. The van der Waals surface area contributed by atoms with Crippen LogP contribution in [0.5, 0.6) is 0 Å². The van der Waals surface area contributed by atoms with Gasteiger partial charge in [0.05, 0.1) is 6.10 Å². The third-order valence-corrected chi connectivity index (χ3v) is 3.88. The van der Waals surface area contributed by atoms with Gasteiger partial charge < -0.3 is 15.4 Å². The monoisotopic (exact) mass is 290 g/mol. The fraction of sp³-hybridized carbons (Fsp3) is 0.588. The Labute approximate surface area is 127 Å². The summed E-state index contributed by atoms with van der Waals surface area (Å²) >= 11 is 0. The van der Waals surface area contributed by atoms with Crippen molar-refractivity contribution in [2.24, 2.45) is 5.73 Å². The number of hydrogen-bond acceptors (Lipinski definition) is 3. The van der Waals surface area contributed by atoms with Gasteiger partial charge in [0.25, 0.3) is 5.91 Å². The standard InChI is InChI=1S/C17H26N2O2/c1-2-12-21-15-7-5-11-19(13-15)17(20)16-8-4-3-6-14(16)9-10-18/h3-4,6,8,15H,2,5,7,9-13,18H2,1H3. The van der Waals surface area contributed by atoms with Crippen LogP contribution in [0.4, 0.5) is 0 Å². The van der Waals surface area contributed by atoms with Gasteiger partial charge in [0, 0.05) is 25.3 Å². The van der Waals surface area contributed by atoms with Crippen LogP contribution in [0.3, 0.4) is 0 Å². The molecule has 0 aliphatic carbocycles. The van der Waals surface area contributed by atoms with Gasteiger partial charge in [-0.3, -0.25) is 4.79 Å². The fourth-order valence-electron chi connectivity index (χ4n) is 2.82. The minimum Gasteiger partial charge on any atom is -0.376 e. The Balaban J connectivity index is 2.05. The average molecular weight is 290 g/mol. The number of nitrogens with zero attached hydrogens (tertiary/aromatic N) is 1. The number of carbonyl (C=O) groups is 1. The summed E-state index contributed by atoms with van der Waals surface area (Å²) in [7, 11) is 0. The highest BCUT2D eigenvalue weighted by atomic mass is 16.5. The molecule has 2 rings (SSSR count). The third kappa shape index (κ3) is 4.29. The smallest absolute Gasteiger partial charge is 0.254 e. The van der Waals surface area contributed by atoms with E-state index in [4.69, 9.17) is 10.5 Å². The molecule has 1 aliphatic heterocycles. The molecule has 2 N–H and O–H groups in total. The van der Waals surface area contributed by atoms with E-state index in [1.54, 1.807) is 0 Å². The number of nitrogens with two attached hydrogens (primary N) is 1. The molecule has 4 heteroatoms. The number of likely N-dealkylation sites (tertiary alicyclic amines) is 1. The molecule has 1 heterocycles. The van der Waals surface area contributed by atoms with E-state index < -0.39 is 0 Å². The van der Waals surface area contributed by atoms with Crippen LogP contribution in [-0.4, -0.2) is 43.2 Å². The van der Waals surface area contributed by atoms with Crippen LogP contribution in [0.15, 0.2) is 24.3 Å². The van der Waals surface area contributed by atoms with Crippen molar-refractivity contribution in [3.63, 3.8) is 0 Å². The zero-order valence-electron chi connectivity index (χ0n) is 12.9. The van der Waals surface area contributed by atoms with Gasteiger partial charge in [0.15, 0.2) is 0 Å². The van der Waals surface area contributed by atoms with E-state index in [2.05, 4.69) is 6.92 Å². The van der Waals surface area contributed by atoms with Crippen LogP contribution in [0, 0.1) is 0 Å². The normalized spacial score (nSPS) is 18.8. The van der Waals surface area contributed by atoms with Crippen molar-refractivity contribution in [3.8, 4) is 0 Å². The van der Waals surface area contributed by atoms with E-state index in [-0.39, 0.29) is 12.0 Å². The number of rotatable bonds is 6. The average Bonchev–Trinajstić information content (AvgIpc) is 2.53. The summed E-state index contributed by atoms with van der Waals surface area (Å²) in [5, 5.41) is 0. The lowest BCUT2D eigenvalue weighted by Crippen LogP contribution is -2.43. The maximum Gasteiger partial charge on any atom is 0.254 e. The van der Waals surface area contributed by atoms with Crippen molar-refractivity contribution >= 4 is 5.91 Å². The zero-order chi connectivity index (χ0) is 15.1. The topological polar surface area (TPSA) is 55.6 Å². The van der Waals surface area contributed by atoms with Gasteiger partial charge >= 0.3 is 0 Å². The second kappa shape index (κ2) is 8.15. The van der Waals surface area contributed by atoms with E-state index in [1.165, 1.54) is 0 Å². The highest BCUT2D eigenvalue weighted by Gasteiger charge is 2.25. The Morgan fingerprint density at radius 3 is 3.00 bits per heavy atom. The molecular formula is C17H26N2O2. The molecule has 1 amide bonds. The van der Waals surface area contributed by atoms with Crippen LogP contribution >= 0.6 is 0 Å². The molecule has 0 spiro atoms. The Morgan fingerprint density at radius 2 is 2.24 bits per heavy atom. The summed E-state index contributed by atoms with van der Waals surface area (Å²) in [5.41, 5.74) is 7.47. The number of ether oxygens (including phenoxy) is 1. The quantitative estimate of drug-likeness (QED) is 0.874. The van der Waals surface area contributed by atoms with E-state index in [0.717, 1.165) is 50.0 Å². The van der Waals surface area contributed by atoms with Gasteiger partial charge in [-0.1, -0.05) is 25.1 Å². The molecule has 4 nitrogen and oxygen atoms in total. The van der Waals surface area contributed by atoms with Crippen LogP contribution in [-0.2, 0) is 11.2 Å².